The largest absolute Gasteiger partial charge is 0.312 e. The second-order valence-electron chi connectivity index (χ2n) is 3.76. The molecule has 0 aliphatic rings. The van der Waals surface area contributed by atoms with Crippen LogP contribution in [0, 0.1) is 11.7 Å². The van der Waals surface area contributed by atoms with Crippen molar-refractivity contribution in [3.05, 3.63) is 34.1 Å². The van der Waals surface area contributed by atoms with Crippen LogP contribution in [0.1, 0.15) is 19.4 Å². The molecule has 0 bridgehead atoms. The summed E-state index contributed by atoms with van der Waals surface area (Å²) < 4.78 is 13.6. The Morgan fingerprint density at radius 2 is 2.14 bits per heavy atom. The van der Waals surface area contributed by atoms with Gasteiger partial charge in [0.2, 0.25) is 0 Å². The van der Waals surface area contributed by atoms with E-state index in [9.17, 15) is 4.39 Å². The van der Waals surface area contributed by atoms with Crippen molar-refractivity contribution in [2.75, 3.05) is 6.54 Å². The van der Waals surface area contributed by atoms with Crippen LogP contribution in [0.4, 0.5) is 4.39 Å². The minimum Gasteiger partial charge on any atom is -0.312 e. The zero-order valence-corrected chi connectivity index (χ0v) is 10.1. The van der Waals surface area contributed by atoms with E-state index in [1.807, 2.05) is 0 Å². The Morgan fingerprint density at radius 1 is 1.43 bits per heavy atom. The number of nitrogens with one attached hydrogen (secondary N) is 1. The Morgan fingerprint density at radius 3 is 2.71 bits per heavy atom. The minimum absolute atomic E-state index is 0.204. The molecule has 0 aromatic heterocycles. The summed E-state index contributed by atoms with van der Waals surface area (Å²) in [4.78, 5) is 0. The van der Waals surface area contributed by atoms with Gasteiger partial charge in [-0.05, 0) is 30.2 Å². The Kier molecular flexibility index (Phi) is 4.55. The summed E-state index contributed by atoms with van der Waals surface area (Å²) in [6.45, 7) is 6.07. The molecule has 0 unspecified atom stereocenters. The van der Waals surface area contributed by atoms with Gasteiger partial charge in [0.1, 0.15) is 5.82 Å². The predicted octanol–water partition coefficient (Wildman–Crippen LogP) is 3.33. The lowest BCUT2D eigenvalue weighted by Crippen LogP contribution is -2.19. The number of hydrogen-bond acceptors (Lipinski definition) is 1. The second kappa shape index (κ2) is 5.47. The molecule has 1 nitrogen and oxygen atoms in total. The lowest BCUT2D eigenvalue weighted by Gasteiger charge is -2.08. The van der Waals surface area contributed by atoms with Crippen LogP contribution in [0.3, 0.4) is 0 Å². The van der Waals surface area contributed by atoms with Crippen molar-refractivity contribution >= 4 is 15.9 Å². The quantitative estimate of drug-likeness (QED) is 0.875. The van der Waals surface area contributed by atoms with Crippen molar-refractivity contribution in [2.24, 2.45) is 5.92 Å². The standard InChI is InChI=1S/C11H15BrFN/c1-8(2)6-14-7-9-3-4-10(13)5-11(9)12/h3-5,8,14H,6-7H2,1-2H3. The van der Waals surface area contributed by atoms with Gasteiger partial charge in [0.15, 0.2) is 0 Å². The Hall–Kier alpha value is -0.410. The lowest BCUT2D eigenvalue weighted by molar-refractivity contribution is 0.551. The van der Waals surface area contributed by atoms with Crippen LogP contribution in [0.5, 0.6) is 0 Å². The molecular weight excluding hydrogens is 245 g/mol. The van der Waals surface area contributed by atoms with Gasteiger partial charge in [0.25, 0.3) is 0 Å². The molecule has 0 amide bonds. The molecule has 3 heteroatoms. The highest BCUT2D eigenvalue weighted by Crippen LogP contribution is 2.17. The van der Waals surface area contributed by atoms with Crippen LogP contribution in [-0.2, 0) is 6.54 Å². The summed E-state index contributed by atoms with van der Waals surface area (Å²) in [6, 6.07) is 4.77. The molecule has 0 aliphatic heterocycles. The maximum Gasteiger partial charge on any atom is 0.124 e. The Balaban J connectivity index is 2.51. The van der Waals surface area contributed by atoms with Gasteiger partial charge in [-0.25, -0.2) is 4.39 Å². The molecule has 1 rings (SSSR count). The van der Waals surface area contributed by atoms with Crippen molar-refractivity contribution < 1.29 is 4.39 Å². The van der Waals surface area contributed by atoms with Gasteiger partial charge in [-0.2, -0.15) is 0 Å². The summed E-state index contributed by atoms with van der Waals surface area (Å²) in [6.07, 6.45) is 0. The maximum atomic E-state index is 12.7. The van der Waals surface area contributed by atoms with Gasteiger partial charge < -0.3 is 5.32 Å². The fourth-order valence-corrected chi connectivity index (χ4v) is 1.65. The van der Waals surface area contributed by atoms with E-state index in [1.165, 1.54) is 12.1 Å². The highest BCUT2D eigenvalue weighted by Gasteiger charge is 2.01. The molecule has 14 heavy (non-hydrogen) atoms. The summed E-state index contributed by atoms with van der Waals surface area (Å²) in [5.74, 6) is 0.429. The molecular formula is C11H15BrFN. The molecule has 0 spiro atoms. The van der Waals surface area contributed by atoms with Crippen molar-refractivity contribution in [1.29, 1.82) is 0 Å². The third-order valence-corrected chi connectivity index (χ3v) is 2.62. The van der Waals surface area contributed by atoms with E-state index in [-0.39, 0.29) is 5.82 Å². The summed E-state index contributed by atoms with van der Waals surface area (Å²) in [5.41, 5.74) is 1.09. The van der Waals surface area contributed by atoms with E-state index >= 15 is 0 Å². The van der Waals surface area contributed by atoms with E-state index in [1.54, 1.807) is 6.07 Å². The first kappa shape index (κ1) is 11.7. The normalized spacial score (nSPS) is 10.9. The van der Waals surface area contributed by atoms with Gasteiger partial charge >= 0.3 is 0 Å². The predicted molar refractivity (Wildman–Crippen MR) is 60.6 cm³/mol. The summed E-state index contributed by atoms with van der Waals surface area (Å²) in [5, 5.41) is 3.31. The topological polar surface area (TPSA) is 12.0 Å². The maximum absolute atomic E-state index is 12.7. The van der Waals surface area contributed by atoms with Crippen LogP contribution >= 0.6 is 15.9 Å². The van der Waals surface area contributed by atoms with Crippen LogP contribution in [-0.4, -0.2) is 6.54 Å². The summed E-state index contributed by atoms with van der Waals surface area (Å²) >= 11 is 3.33. The average molecular weight is 260 g/mol. The second-order valence-corrected chi connectivity index (χ2v) is 4.61. The molecule has 0 aliphatic carbocycles. The average Bonchev–Trinajstić information content (AvgIpc) is 2.08. The van der Waals surface area contributed by atoms with Gasteiger partial charge in [-0.3, -0.25) is 0 Å². The van der Waals surface area contributed by atoms with Gasteiger partial charge in [-0.1, -0.05) is 35.8 Å². The van der Waals surface area contributed by atoms with E-state index in [0.717, 1.165) is 23.1 Å². The van der Waals surface area contributed by atoms with Gasteiger partial charge in [-0.15, -0.1) is 0 Å². The number of rotatable bonds is 4. The zero-order valence-electron chi connectivity index (χ0n) is 8.48. The molecule has 0 fully saturated rings. The molecule has 0 saturated heterocycles. The van der Waals surface area contributed by atoms with Crippen LogP contribution in [0.2, 0.25) is 0 Å². The smallest absolute Gasteiger partial charge is 0.124 e. The van der Waals surface area contributed by atoms with Crippen LogP contribution in [0.25, 0.3) is 0 Å². The van der Waals surface area contributed by atoms with Crippen LogP contribution < -0.4 is 5.32 Å². The molecule has 0 radical (unpaired) electrons. The van der Waals surface area contributed by atoms with E-state index in [2.05, 4.69) is 35.1 Å². The van der Waals surface area contributed by atoms with E-state index in [0.29, 0.717) is 5.92 Å². The van der Waals surface area contributed by atoms with Gasteiger partial charge in [0.05, 0.1) is 0 Å². The molecule has 1 aromatic carbocycles. The zero-order chi connectivity index (χ0) is 10.6. The number of benzene rings is 1. The van der Waals surface area contributed by atoms with Crippen molar-refractivity contribution in [1.82, 2.24) is 5.32 Å². The first-order chi connectivity index (χ1) is 6.59. The third-order valence-electron chi connectivity index (χ3n) is 1.88. The molecule has 0 atom stereocenters. The first-order valence-corrected chi connectivity index (χ1v) is 5.53. The highest BCUT2D eigenvalue weighted by molar-refractivity contribution is 9.10. The molecule has 0 saturated carbocycles. The number of hydrogen-bond donors (Lipinski definition) is 1. The molecule has 1 N–H and O–H groups in total. The third kappa shape index (κ3) is 3.76. The monoisotopic (exact) mass is 259 g/mol. The van der Waals surface area contributed by atoms with Crippen molar-refractivity contribution in [2.45, 2.75) is 20.4 Å². The molecule has 78 valence electrons. The van der Waals surface area contributed by atoms with Crippen molar-refractivity contribution in [3.8, 4) is 0 Å². The van der Waals surface area contributed by atoms with E-state index < -0.39 is 0 Å². The molecule has 1 aromatic rings. The molecule has 0 heterocycles. The van der Waals surface area contributed by atoms with Crippen molar-refractivity contribution in [3.63, 3.8) is 0 Å². The fourth-order valence-electron chi connectivity index (χ4n) is 1.16. The highest BCUT2D eigenvalue weighted by atomic mass is 79.9. The van der Waals surface area contributed by atoms with E-state index in [4.69, 9.17) is 0 Å². The SMILES string of the molecule is CC(C)CNCc1ccc(F)cc1Br. The minimum atomic E-state index is -0.204. The fraction of sp³-hybridized carbons (Fsp3) is 0.455. The number of halogens is 2. The Labute approximate surface area is 92.8 Å². The summed E-state index contributed by atoms with van der Waals surface area (Å²) in [7, 11) is 0. The van der Waals surface area contributed by atoms with Crippen LogP contribution in [0.15, 0.2) is 22.7 Å². The van der Waals surface area contributed by atoms with Gasteiger partial charge in [0, 0.05) is 11.0 Å². The Bertz CT molecular complexity index is 299. The lowest BCUT2D eigenvalue weighted by atomic mass is 10.2. The first-order valence-electron chi connectivity index (χ1n) is 4.74.